The Balaban J connectivity index is 3.24. The van der Waals surface area contributed by atoms with Crippen molar-refractivity contribution in [2.45, 2.75) is 12.1 Å². The maximum Gasteiger partial charge on any atom is 0.248 e. The van der Waals surface area contributed by atoms with Gasteiger partial charge in [-0.15, -0.1) is 0 Å². The van der Waals surface area contributed by atoms with E-state index in [-0.39, 0.29) is 37.9 Å². The summed E-state index contributed by atoms with van der Waals surface area (Å²) in [4.78, 5) is 25.6. The lowest BCUT2D eigenvalue weighted by atomic mass is 10.0. The summed E-state index contributed by atoms with van der Waals surface area (Å²) in [6.07, 6.45) is 0. The van der Waals surface area contributed by atoms with Crippen LogP contribution in [0.15, 0.2) is 0 Å². The molecular weight excluding hydrogens is 264 g/mol. The van der Waals surface area contributed by atoms with Crippen LogP contribution in [0.5, 0.6) is 0 Å². The van der Waals surface area contributed by atoms with Crippen molar-refractivity contribution < 1.29 is 9.59 Å². The number of nitrogens with zero attached hydrogens (tertiary/aromatic N) is 2. The third-order valence-corrected chi connectivity index (χ3v) is 3.04. The van der Waals surface area contributed by atoms with Gasteiger partial charge in [0, 0.05) is 26.2 Å². The van der Waals surface area contributed by atoms with Crippen molar-refractivity contribution in [1.82, 2.24) is 9.80 Å². The first-order valence-electron chi connectivity index (χ1n) is 6.05. The molecule has 2 unspecified atom stereocenters. The number of piperazine rings is 1. The smallest absolute Gasteiger partial charge is 0.248 e. The first-order valence-corrected chi connectivity index (χ1v) is 6.05. The molecule has 10 heteroatoms. The Kier molecular flexibility index (Phi) is 5.00. The summed E-state index contributed by atoms with van der Waals surface area (Å²) in [6, 6.07) is -2.29. The second kappa shape index (κ2) is 6.30. The van der Waals surface area contributed by atoms with Crippen LogP contribution in [0.25, 0.3) is 0 Å². The molecule has 1 fully saturated rings. The van der Waals surface area contributed by atoms with Gasteiger partial charge in [-0.25, -0.2) is 0 Å². The van der Waals surface area contributed by atoms with Crippen molar-refractivity contribution in [2.24, 2.45) is 22.9 Å². The minimum atomic E-state index is -1.15. The predicted molar refractivity (Wildman–Crippen MR) is 72.9 cm³/mol. The zero-order valence-corrected chi connectivity index (χ0v) is 11.0. The van der Waals surface area contributed by atoms with E-state index in [1.807, 2.05) is 0 Å². The molecule has 0 aliphatic carbocycles. The van der Waals surface area contributed by atoms with Crippen molar-refractivity contribution in [3.63, 3.8) is 0 Å². The lowest BCUT2D eigenvalue weighted by Crippen LogP contribution is -2.71. The molecule has 0 aromatic carbocycles. The van der Waals surface area contributed by atoms with Crippen LogP contribution in [0.3, 0.4) is 0 Å². The Bertz CT molecular complexity index is 397. The maximum atomic E-state index is 11.6. The second-order valence-corrected chi connectivity index (χ2v) is 4.34. The van der Waals surface area contributed by atoms with E-state index in [4.69, 9.17) is 33.8 Å². The fourth-order valence-electron chi connectivity index (χ4n) is 2.24. The van der Waals surface area contributed by atoms with E-state index in [1.165, 1.54) is 9.80 Å². The summed E-state index contributed by atoms with van der Waals surface area (Å²) in [5.74, 6) is -1.98. The van der Waals surface area contributed by atoms with Gasteiger partial charge in [0.1, 0.15) is 11.7 Å². The van der Waals surface area contributed by atoms with Gasteiger partial charge in [0.25, 0.3) is 0 Å². The number of amides is 2. The third-order valence-electron chi connectivity index (χ3n) is 3.04. The number of hydrogen-bond donors (Lipinski definition) is 6. The van der Waals surface area contributed by atoms with Gasteiger partial charge >= 0.3 is 0 Å². The first-order chi connectivity index (χ1) is 9.36. The van der Waals surface area contributed by atoms with Gasteiger partial charge in [0.2, 0.25) is 11.8 Å². The molecule has 1 heterocycles. The molecule has 1 rings (SSSR count). The first kappa shape index (κ1) is 15.9. The zero-order chi connectivity index (χ0) is 15.4. The molecule has 0 aromatic rings. The van der Waals surface area contributed by atoms with E-state index in [1.54, 1.807) is 0 Å². The third kappa shape index (κ3) is 2.70. The minimum absolute atomic E-state index is 0.120. The topological polar surface area (TPSA) is 192 Å². The molecule has 10 nitrogen and oxygen atoms in total. The van der Waals surface area contributed by atoms with Gasteiger partial charge < -0.3 is 32.7 Å². The number of hydrogen-bond acceptors (Lipinski definition) is 6. The lowest BCUT2D eigenvalue weighted by Gasteiger charge is -2.46. The molecule has 0 spiro atoms. The highest BCUT2D eigenvalue weighted by molar-refractivity contribution is 6.17. The van der Waals surface area contributed by atoms with Gasteiger partial charge in [-0.3, -0.25) is 20.4 Å². The van der Waals surface area contributed by atoms with E-state index in [2.05, 4.69) is 0 Å². The normalized spacial score (nSPS) is 23.1. The average Bonchev–Trinajstić information content (AvgIpc) is 2.35. The van der Waals surface area contributed by atoms with Crippen molar-refractivity contribution >= 4 is 23.5 Å². The number of amidine groups is 2. The SMILES string of the molecule is N=C1C(C(N)=O)N(CCN)C(=N)C(C(N)=O)N1CCN. The monoisotopic (exact) mass is 284 g/mol. The predicted octanol–water partition coefficient (Wildman–Crippen LogP) is -3.82. The Morgan fingerprint density at radius 3 is 1.40 bits per heavy atom. The van der Waals surface area contributed by atoms with Crippen LogP contribution in [0.1, 0.15) is 0 Å². The van der Waals surface area contributed by atoms with Crippen LogP contribution in [0.4, 0.5) is 0 Å². The van der Waals surface area contributed by atoms with Crippen LogP contribution in [0.2, 0.25) is 0 Å². The van der Waals surface area contributed by atoms with Crippen molar-refractivity contribution in [1.29, 1.82) is 10.8 Å². The second-order valence-electron chi connectivity index (χ2n) is 4.34. The molecule has 0 aromatic heterocycles. The number of nitrogens with two attached hydrogens (primary N) is 4. The standard InChI is InChI=1S/C10H20N8O2/c11-1-3-17-5(9(15)19)8(14)18(4-2-12)6(7(17)13)10(16)20/h5-6,13-14H,1-4,11-12H2,(H2,15,19)(H2,16,20). The summed E-state index contributed by atoms with van der Waals surface area (Å²) in [5.41, 5.74) is 21.4. The van der Waals surface area contributed by atoms with E-state index >= 15 is 0 Å². The van der Waals surface area contributed by atoms with Crippen molar-refractivity contribution in [3.05, 3.63) is 0 Å². The Hall–Kier alpha value is -2.20. The lowest BCUT2D eigenvalue weighted by molar-refractivity contribution is -0.123. The Morgan fingerprint density at radius 2 is 1.20 bits per heavy atom. The maximum absolute atomic E-state index is 11.6. The number of carbonyl (C=O) groups is 2. The Labute approximate surface area is 116 Å². The number of rotatable bonds is 6. The molecule has 10 N–H and O–H groups in total. The van der Waals surface area contributed by atoms with Gasteiger partial charge in [0.05, 0.1) is 0 Å². The van der Waals surface area contributed by atoms with E-state index in [0.29, 0.717) is 0 Å². The highest BCUT2D eigenvalue weighted by Gasteiger charge is 2.45. The van der Waals surface area contributed by atoms with Gasteiger partial charge in [-0.05, 0) is 0 Å². The van der Waals surface area contributed by atoms with E-state index in [0.717, 1.165) is 0 Å². The molecule has 0 radical (unpaired) electrons. The zero-order valence-electron chi connectivity index (χ0n) is 11.0. The molecule has 2 amide bonds. The molecule has 20 heavy (non-hydrogen) atoms. The van der Waals surface area contributed by atoms with Gasteiger partial charge in [-0.1, -0.05) is 0 Å². The van der Waals surface area contributed by atoms with E-state index in [9.17, 15) is 9.59 Å². The fraction of sp³-hybridized carbons (Fsp3) is 0.600. The largest absolute Gasteiger partial charge is 0.367 e. The summed E-state index contributed by atoms with van der Waals surface area (Å²) in [7, 11) is 0. The molecule has 112 valence electrons. The van der Waals surface area contributed by atoms with Crippen LogP contribution in [0, 0.1) is 10.8 Å². The molecular formula is C10H20N8O2. The number of primary amides is 2. The van der Waals surface area contributed by atoms with Gasteiger partial charge in [-0.2, -0.15) is 0 Å². The highest BCUT2D eigenvalue weighted by Crippen LogP contribution is 2.18. The average molecular weight is 284 g/mol. The van der Waals surface area contributed by atoms with Crippen molar-refractivity contribution in [3.8, 4) is 0 Å². The van der Waals surface area contributed by atoms with Crippen LogP contribution >= 0.6 is 0 Å². The molecule has 1 aliphatic heterocycles. The molecule has 0 bridgehead atoms. The number of carbonyl (C=O) groups excluding carboxylic acids is 2. The van der Waals surface area contributed by atoms with E-state index < -0.39 is 23.9 Å². The molecule has 1 saturated heterocycles. The summed E-state index contributed by atoms with van der Waals surface area (Å²) in [6.45, 7) is 0.522. The van der Waals surface area contributed by atoms with Crippen LogP contribution in [-0.4, -0.2) is 71.5 Å². The van der Waals surface area contributed by atoms with Crippen LogP contribution < -0.4 is 22.9 Å². The molecule has 2 atom stereocenters. The number of nitrogens with one attached hydrogen (secondary N) is 2. The van der Waals surface area contributed by atoms with Crippen LogP contribution in [-0.2, 0) is 9.59 Å². The molecule has 1 aliphatic rings. The van der Waals surface area contributed by atoms with Crippen molar-refractivity contribution in [2.75, 3.05) is 26.2 Å². The summed E-state index contributed by atoms with van der Waals surface area (Å²) in [5, 5.41) is 16.1. The highest BCUT2D eigenvalue weighted by atomic mass is 16.2. The summed E-state index contributed by atoms with van der Waals surface area (Å²) >= 11 is 0. The quantitative estimate of drug-likeness (QED) is 0.289. The molecule has 0 saturated carbocycles. The fourth-order valence-corrected chi connectivity index (χ4v) is 2.24. The summed E-state index contributed by atoms with van der Waals surface area (Å²) < 4.78 is 0. The Morgan fingerprint density at radius 1 is 0.900 bits per heavy atom. The minimum Gasteiger partial charge on any atom is -0.367 e. The van der Waals surface area contributed by atoms with Gasteiger partial charge in [0.15, 0.2) is 12.1 Å².